The maximum atomic E-state index is 2.43. The first kappa shape index (κ1) is 19.2. The van der Waals surface area contributed by atoms with Crippen molar-refractivity contribution in [3.63, 3.8) is 0 Å². The first-order chi connectivity index (χ1) is 15.4. The van der Waals surface area contributed by atoms with Crippen molar-refractivity contribution in [3.8, 4) is 5.69 Å². The van der Waals surface area contributed by atoms with Crippen molar-refractivity contribution in [2.24, 2.45) is 0 Å². The summed E-state index contributed by atoms with van der Waals surface area (Å²) in [4.78, 5) is 2.33. The average molecular weight is 417 g/mol. The molecular weight excluding hydrogens is 388 g/mol. The normalized spacial score (nSPS) is 14.6. The number of aryl methyl sites for hydroxylation is 2. The Hall–Kier alpha value is -3.52. The Morgan fingerprint density at radius 3 is 1.88 bits per heavy atom. The fraction of sp³-hybridized carbons (Fsp3) is 0.200. The van der Waals surface area contributed by atoms with E-state index in [0.29, 0.717) is 0 Å². The molecule has 5 aromatic rings. The molecule has 6 rings (SSSR count). The second-order valence-corrected chi connectivity index (χ2v) is 9.78. The highest BCUT2D eigenvalue weighted by molar-refractivity contribution is 6.09. The molecule has 0 amide bonds. The molecule has 2 nitrogen and oxygen atoms in total. The molecule has 2 heterocycles. The summed E-state index contributed by atoms with van der Waals surface area (Å²) in [6.45, 7) is 9.04. The number of hydrogen-bond donors (Lipinski definition) is 0. The quantitative estimate of drug-likeness (QED) is 0.270. The molecular formula is C30H28N2. The molecule has 2 heteroatoms. The van der Waals surface area contributed by atoms with Crippen molar-refractivity contribution in [1.29, 1.82) is 0 Å². The zero-order chi connectivity index (χ0) is 22.2. The van der Waals surface area contributed by atoms with Crippen LogP contribution < -0.4 is 4.90 Å². The van der Waals surface area contributed by atoms with Crippen molar-refractivity contribution in [3.05, 3.63) is 101 Å². The van der Waals surface area contributed by atoms with Crippen LogP contribution in [-0.2, 0) is 5.41 Å². The molecule has 1 aromatic heterocycles. The van der Waals surface area contributed by atoms with Crippen LogP contribution in [0.1, 0.15) is 36.1 Å². The molecule has 1 aliphatic rings. The van der Waals surface area contributed by atoms with Crippen LogP contribution in [0.15, 0.2) is 78.9 Å². The van der Waals surface area contributed by atoms with Gasteiger partial charge in [-0.1, -0.05) is 55.3 Å². The van der Waals surface area contributed by atoms with Gasteiger partial charge in [-0.25, -0.2) is 0 Å². The Balaban J connectivity index is 1.66. The highest BCUT2D eigenvalue weighted by Gasteiger charge is 2.35. The van der Waals surface area contributed by atoms with E-state index in [2.05, 4.69) is 123 Å². The van der Waals surface area contributed by atoms with Gasteiger partial charge in [-0.15, -0.1) is 0 Å². The van der Waals surface area contributed by atoms with E-state index in [1.807, 2.05) is 0 Å². The number of para-hydroxylation sites is 1. The van der Waals surface area contributed by atoms with Gasteiger partial charge in [0.15, 0.2) is 0 Å². The van der Waals surface area contributed by atoms with Crippen LogP contribution in [0.4, 0.5) is 11.4 Å². The van der Waals surface area contributed by atoms with Crippen LogP contribution in [0.5, 0.6) is 0 Å². The maximum absolute atomic E-state index is 2.43. The Kier molecular flexibility index (Phi) is 3.89. The van der Waals surface area contributed by atoms with Gasteiger partial charge in [-0.05, 0) is 73.5 Å². The molecule has 0 fully saturated rings. The van der Waals surface area contributed by atoms with E-state index in [1.165, 1.54) is 61.1 Å². The summed E-state index contributed by atoms with van der Waals surface area (Å²) < 4.78 is 2.43. The van der Waals surface area contributed by atoms with Gasteiger partial charge >= 0.3 is 0 Å². The minimum Gasteiger partial charge on any atom is -0.344 e. The summed E-state index contributed by atoms with van der Waals surface area (Å²) in [7, 11) is 2.18. The Labute approximate surface area is 189 Å². The highest BCUT2D eigenvalue weighted by atomic mass is 15.1. The lowest BCUT2D eigenvalue weighted by molar-refractivity contribution is 0.629. The molecule has 0 saturated carbocycles. The third-order valence-electron chi connectivity index (χ3n) is 7.29. The third-order valence-corrected chi connectivity index (χ3v) is 7.29. The monoisotopic (exact) mass is 416 g/mol. The van der Waals surface area contributed by atoms with Crippen LogP contribution in [0.25, 0.3) is 27.5 Å². The molecule has 0 N–H and O–H groups in total. The van der Waals surface area contributed by atoms with E-state index < -0.39 is 0 Å². The standard InChI is InChI=1S/C30H28N2/c1-19-10-13-26-22(16-19)23-17-20(2)11-14-27(23)32(26)21-12-15-29-25(18-21)30(3,4)24-8-6-7-9-28(24)31(29)5/h6-18H,1-5H3. The largest absolute Gasteiger partial charge is 0.344 e. The Morgan fingerprint density at radius 2 is 1.22 bits per heavy atom. The summed E-state index contributed by atoms with van der Waals surface area (Å²) in [5.41, 5.74) is 11.6. The Bertz CT molecular complexity index is 1470. The van der Waals surface area contributed by atoms with Crippen molar-refractivity contribution >= 4 is 33.2 Å². The molecule has 0 bridgehead atoms. The number of anilines is 2. The van der Waals surface area contributed by atoms with Gasteiger partial charge in [0.2, 0.25) is 0 Å². The van der Waals surface area contributed by atoms with Gasteiger partial charge < -0.3 is 9.47 Å². The average Bonchev–Trinajstić information content (AvgIpc) is 3.10. The van der Waals surface area contributed by atoms with Gasteiger partial charge in [-0.2, -0.15) is 0 Å². The first-order valence-corrected chi connectivity index (χ1v) is 11.4. The molecule has 0 saturated heterocycles. The lowest BCUT2D eigenvalue weighted by Crippen LogP contribution is -2.30. The topological polar surface area (TPSA) is 8.17 Å². The van der Waals surface area contributed by atoms with Crippen LogP contribution in [0.3, 0.4) is 0 Å². The van der Waals surface area contributed by atoms with Crippen LogP contribution in [0.2, 0.25) is 0 Å². The predicted molar refractivity (Wildman–Crippen MR) is 137 cm³/mol. The van der Waals surface area contributed by atoms with Crippen LogP contribution >= 0.6 is 0 Å². The fourth-order valence-corrected chi connectivity index (χ4v) is 5.55. The van der Waals surface area contributed by atoms with Gasteiger partial charge in [-0.3, -0.25) is 0 Å². The summed E-state index contributed by atoms with van der Waals surface area (Å²) in [6, 6.07) is 29.4. The van der Waals surface area contributed by atoms with Crippen molar-refractivity contribution in [1.82, 2.24) is 4.57 Å². The zero-order valence-electron chi connectivity index (χ0n) is 19.4. The lowest BCUT2D eigenvalue weighted by Gasteiger charge is -2.40. The van der Waals surface area contributed by atoms with Gasteiger partial charge in [0.1, 0.15) is 0 Å². The van der Waals surface area contributed by atoms with E-state index in [9.17, 15) is 0 Å². The number of nitrogens with zero attached hydrogens (tertiary/aromatic N) is 2. The summed E-state index contributed by atoms with van der Waals surface area (Å²) in [6.07, 6.45) is 0. The second kappa shape index (κ2) is 6.49. The maximum Gasteiger partial charge on any atom is 0.0541 e. The minimum atomic E-state index is -0.0691. The SMILES string of the molecule is Cc1ccc2c(c1)c1cc(C)ccc1n2-c1ccc2c(c1)C(C)(C)c1ccccc1N2C. The molecule has 0 unspecified atom stereocenters. The molecule has 0 spiro atoms. The number of hydrogen-bond acceptors (Lipinski definition) is 1. The summed E-state index contributed by atoms with van der Waals surface area (Å²) >= 11 is 0. The second-order valence-electron chi connectivity index (χ2n) is 9.78. The molecule has 1 aliphatic heterocycles. The first-order valence-electron chi connectivity index (χ1n) is 11.4. The Morgan fingerprint density at radius 1 is 0.625 bits per heavy atom. The van der Waals surface area contributed by atoms with Crippen LogP contribution in [0, 0.1) is 13.8 Å². The van der Waals surface area contributed by atoms with E-state index in [-0.39, 0.29) is 5.41 Å². The number of fused-ring (bicyclic) bond motifs is 5. The van der Waals surface area contributed by atoms with Gasteiger partial charge in [0.05, 0.1) is 11.0 Å². The lowest BCUT2D eigenvalue weighted by atomic mass is 9.73. The van der Waals surface area contributed by atoms with E-state index in [0.717, 1.165) is 0 Å². The number of rotatable bonds is 1. The number of aromatic nitrogens is 1. The smallest absolute Gasteiger partial charge is 0.0541 e. The molecule has 0 atom stereocenters. The molecule has 0 radical (unpaired) electrons. The van der Waals surface area contributed by atoms with Crippen molar-refractivity contribution in [2.45, 2.75) is 33.1 Å². The van der Waals surface area contributed by atoms with Crippen molar-refractivity contribution in [2.75, 3.05) is 11.9 Å². The highest BCUT2D eigenvalue weighted by Crippen LogP contribution is 2.49. The van der Waals surface area contributed by atoms with Gasteiger partial charge in [0, 0.05) is 40.3 Å². The fourth-order valence-electron chi connectivity index (χ4n) is 5.55. The molecule has 158 valence electrons. The van der Waals surface area contributed by atoms with Crippen LogP contribution in [-0.4, -0.2) is 11.6 Å². The third kappa shape index (κ3) is 2.53. The molecule has 32 heavy (non-hydrogen) atoms. The molecule has 0 aliphatic carbocycles. The summed E-state index contributed by atoms with van der Waals surface area (Å²) in [5.74, 6) is 0. The van der Waals surface area contributed by atoms with E-state index in [4.69, 9.17) is 0 Å². The van der Waals surface area contributed by atoms with E-state index >= 15 is 0 Å². The zero-order valence-corrected chi connectivity index (χ0v) is 19.4. The molecule has 4 aromatic carbocycles. The van der Waals surface area contributed by atoms with E-state index in [1.54, 1.807) is 0 Å². The predicted octanol–water partition coefficient (Wildman–Crippen LogP) is 7.81. The summed E-state index contributed by atoms with van der Waals surface area (Å²) in [5, 5.41) is 2.64. The van der Waals surface area contributed by atoms with Crippen molar-refractivity contribution < 1.29 is 0 Å². The minimum absolute atomic E-state index is 0.0691. The van der Waals surface area contributed by atoms with Gasteiger partial charge in [0.25, 0.3) is 0 Å². The number of benzene rings is 4.